The first-order chi connectivity index (χ1) is 17.6. The molecule has 2 aliphatic rings. The van der Waals surface area contributed by atoms with Gasteiger partial charge >= 0.3 is 0 Å². The van der Waals surface area contributed by atoms with Crippen LogP contribution >= 0.6 is 0 Å². The zero-order valence-electron chi connectivity index (χ0n) is 19.2. The third-order valence-electron chi connectivity index (χ3n) is 7.05. The summed E-state index contributed by atoms with van der Waals surface area (Å²) in [5.74, 6) is 0.535. The first-order valence-electron chi connectivity index (χ1n) is 11.9. The number of anilines is 3. The van der Waals surface area contributed by atoms with Crippen LogP contribution in [0, 0.1) is 0 Å². The molecule has 2 aromatic carbocycles. The molecule has 7 rings (SSSR count). The van der Waals surface area contributed by atoms with Crippen molar-refractivity contribution in [2.24, 2.45) is 0 Å². The Balaban J connectivity index is 1.20. The summed E-state index contributed by atoms with van der Waals surface area (Å²) in [4.78, 5) is 11.3. The van der Waals surface area contributed by atoms with Crippen LogP contribution in [0.2, 0.25) is 0 Å². The number of hydrogen-bond acceptors (Lipinski definition) is 8. The summed E-state index contributed by atoms with van der Waals surface area (Å²) in [6.07, 6.45) is 5.93. The first-order valence-corrected chi connectivity index (χ1v) is 13.3. The Labute approximate surface area is 207 Å². The average molecular weight is 498 g/mol. The minimum atomic E-state index is -3.98. The number of para-hydroxylation sites is 1. The summed E-state index contributed by atoms with van der Waals surface area (Å²) < 4.78 is 28.3. The Morgan fingerprint density at radius 1 is 0.972 bits per heavy atom. The number of nitrogens with zero attached hydrogens (tertiary/aromatic N) is 5. The molecule has 0 saturated carbocycles. The quantitative estimate of drug-likeness (QED) is 0.380. The van der Waals surface area contributed by atoms with Gasteiger partial charge in [0.2, 0.25) is 0 Å². The van der Waals surface area contributed by atoms with Crippen molar-refractivity contribution in [2.45, 2.75) is 23.4 Å². The molecule has 2 unspecified atom stereocenters. The van der Waals surface area contributed by atoms with E-state index in [4.69, 9.17) is 0 Å². The molecule has 2 fully saturated rings. The van der Waals surface area contributed by atoms with Crippen LogP contribution in [-0.2, 0) is 10.0 Å². The SMILES string of the molecule is O=S(=O)(c1cccc2cccnc12)n1ncc2cnc(Nc3ccc(N4CC5CC4CN5)cc3)cc21. The third-order valence-corrected chi connectivity index (χ3v) is 8.68. The lowest BCUT2D eigenvalue weighted by molar-refractivity contribution is 0.580. The highest BCUT2D eigenvalue weighted by atomic mass is 32.2. The predicted molar refractivity (Wildman–Crippen MR) is 139 cm³/mol. The lowest BCUT2D eigenvalue weighted by atomic mass is 10.2. The van der Waals surface area contributed by atoms with Gasteiger partial charge in [-0.2, -0.15) is 17.6 Å². The molecule has 9 nitrogen and oxygen atoms in total. The molecule has 0 amide bonds. The van der Waals surface area contributed by atoms with Crippen molar-refractivity contribution in [3.05, 3.63) is 79.3 Å². The normalized spacial score (nSPS) is 19.4. The summed E-state index contributed by atoms with van der Waals surface area (Å²) in [5.41, 5.74) is 2.95. The molecule has 2 saturated heterocycles. The van der Waals surface area contributed by atoms with Crippen LogP contribution < -0.4 is 15.5 Å². The number of pyridine rings is 2. The molecular formula is C26H23N7O2S. The van der Waals surface area contributed by atoms with E-state index in [2.05, 4.69) is 42.7 Å². The van der Waals surface area contributed by atoms with Gasteiger partial charge in [0.25, 0.3) is 10.0 Å². The fraction of sp³-hybridized carbons (Fsp3) is 0.192. The molecule has 36 heavy (non-hydrogen) atoms. The van der Waals surface area contributed by atoms with Gasteiger partial charge in [0, 0.05) is 65.8 Å². The standard InChI is InChI=1S/C26H23N7O2S/c34-36(35,24-5-1-3-17-4-2-10-27-26(17)24)33-23-12-25(29-13-18(23)14-30-33)31-19-6-8-21(9-7-19)32-16-20-11-22(32)15-28-20/h1-10,12-14,20,22,28H,11,15-16H2,(H,29,31). The molecule has 2 N–H and O–H groups in total. The second kappa shape index (κ2) is 8.00. The maximum absolute atomic E-state index is 13.6. The Morgan fingerprint density at radius 3 is 2.64 bits per heavy atom. The maximum atomic E-state index is 13.6. The summed E-state index contributed by atoms with van der Waals surface area (Å²) in [5, 5.41) is 12.4. The van der Waals surface area contributed by atoms with Crippen molar-refractivity contribution in [1.29, 1.82) is 0 Å². The minimum Gasteiger partial charge on any atom is -0.366 e. The van der Waals surface area contributed by atoms with E-state index in [-0.39, 0.29) is 4.90 Å². The van der Waals surface area contributed by atoms with Crippen molar-refractivity contribution in [3.63, 3.8) is 0 Å². The van der Waals surface area contributed by atoms with E-state index in [1.807, 2.05) is 24.3 Å². The summed E-state index contributed by atoms with van der Waals surface area (Å²) in [7, 11) is -3.98. The Kier molecular flexibility index (Phi) is 4.73. The molecule has 0 aliphatic carbocycles. The number of hydrogen-bond donors (Lipinski definition) is 2. The molecule has 2 atom stereocenters. The van der Waals surface area contributed by atoms with E-state index in [0.29, 0.717) is 34.3 Å². The fourth-order valence-electron chi connectivity index (χ4n) is 5.30. The van der Waals surface area contributed by atoms with Crippen molar-refractivity contribution < 1.29 is 8.42 Å². The smallest absolute Gasteiger partial charge is 0.285 e. The van der Waals surface area contributed by atoms with Crippen LogP contribution in [0.3, 0.4) is 0 Å². The maximum Gasteiger partial charge on any atom is 0.285 e. The van der Waals surface area contributed by atoms with E-state index in [1.165, 1.54) is 18.3 Å². The van der Waals surface area contributed by atoms with Gasteiger partial charge in [-0.1, -0.05) is 18.2 Å². The molecular weight excluding hydrogens is 474 g/mol. The molecule has 5 aromatic rings. The summed E-state index contributed by atoms with van der Waals surface area (Å²) >= 11 is 0. The van der Waals surface area contributed by atoms with Gasteiger partial charge in [-0.15, -0.1) is 0 Å². The van der Waals surface area contributed by atoms with E-state index in [9.17, 15) is 8.42 Å². The topological polar surface area (TPSA) is 105 Å². The number of fused-ring (bicyclic) bond motifs is 4. The third kappa shape index (κ3) is 3.41. The molecule has 0 radical (unpaired) electrons. The highest BCUT2D eigenvalue weighted by Gasteiger charge is 2.37. The monoisotopic (exact) mass is 497 g/mol. The second-order valence-electron chi connectivity index (χ2n) is 9.27. The highest BCUT2D eigenvalue weighted by Crippen LogP contribution is 2.31. The molecule has 5 heterocycles. The van der Waals surface area contributed by atoms with Crippen LogP contribution in [0.15, 0.2) is 84.1 Å². The fourth-order valence-corrected chi connectivity index (χ4v) is 6.74. The van der Waals surface area contributed by atoms with Crippen LogP contribution in [-0.4, -0.2) is 52.7 Å². The largest absolute Gasteiger partial charge is 0.366 e. The van der Waals surface area contributed by atoms with Gasteiger partial charge in [-0.25, -0.2) is 4.98 Å². The molecule has 0 spiro atoms. The van der Waals surface area contributed by atoms with E-state index in [0.717, 1.165) is 28.3 Å². The minimum absolute atomic E-state index is 0.110. The highest BCUT2D eigenvalue weighted by molar-refractivity contribution is 7.90. The van der Waals surface area contributed by atoms with Crippen LogP contribution in [0.5, 0.6) is 0 Å². The number of benzene rings is 2. The van der Waals surface area contributed by atoms with Gasteiger partial charge < -0.3 is 15.5 Å². The number of nitrogens with one attached hydrogen (secondary N) is 2. The van der Waals surface area contributed by atoms with Gasteiger partial charge in [0.1, 0.15) is 10.7 Å². The van der Waals surface area contributed by atoms with Gasteiger partial charge in [-0.05, 0) is 42.8 Å². The summed E-state index contributed by atoms with van der Waals surface area (Å²) in [6.45, 7) is 2.08. The van der Waals surface area contributed by atoms with E-state index < -0.39 is 10.0 Å². The zero-order chi connectivity index (χ0) is 24.3. The van der Waals surface area contributed by atoms with Crippen molar-refractivity contribution >= 4 is 49.0 Å². The molecule has 10 heteroatoms. The Hall–Kier alpha value is -4.02. The van der Waals surface area contributed by atoms with Crippen LogP contribution in [0.25, 0.3) is 21.8 Å². The first kappa shape index (κ1) is 21.3. The number of rotatable bonds is 5. The number of piperazine rings is 1. The Bertz CT molecular complexity index is 1710. The van der Waals surface area contributed by atoms with E-state index in [1.54, 1.807) is 36.7 Å². The predicted octanol–water partition coefficient (Wildman–Crippen LogP) is 3.51. The molecule has 3 aromatic heterocycles. The van der Waals surface area contributed by atoms with E-state index >= 15 is 0 Å². The van der Waals surface area contributed by atoms with Crippen LogP contribution in [0.4, 0.5) is 17.2 Å². The van der Waals surface area contributed by atoms with Crippen LogP contribution in [0.1, 0.15) is 6.42 Å². The second-order valence-corrected chi connectivity index (χ2v) is 11.0. The van der Waals surface area contributed by atoms with Gasteiger partial charge in [-0.3, -0.25) is 4.98 Å². The van der Waals surface area contributed by atoms with Crippen molar-refractivity contribution in [2.75, 3.05) is 23.3 Å². The molecule has 2 bridgehead atoms. The van der Waals surface area contributed by atoms with Crippen molar-refractivity contribution in [3.8, 4) is 0 Å². The summed E-state index contributed by atoms with van der Waals surface area (Å²) in [6, 6.07) is 19.9. The Morgan fingerprint density at radius 2 is 1.83 bits per heavy atom. The van der Waals surface area contributed by atoms with Gasteiger partial charge in [0.15, 0.2) is 0 Å². The zero-order valence-corrected chi connectivity index (χ0v) is 20.1. The average Bonchev–Trinajstić information content (AvgIpc) is 3.65. The lowest BCUT2D eigenvalue weighted by Crippen LogP contribution is -2.43. The number of aromatic nitrogens is 4. The molecule has 180 valence electrons. The molecule has 2 aliphatic heterocycles. The lowest BCUT2D eigenvalue weighted by Gasteiger charge is -2.29. The van der Waals surface area contributed by atoms with Crippen molar-refractivity contribution in [1.82, 2.24) is 24.5 Å². The van der Waals surface area contributed by atoms with Gasteiger partial charge in [0.05, 0.1) is 17.2 Å².